The molecule has 0 aliphatic rings. The van der Waals surface area contributed by atoms with Crippen molar-refractivity contribution in [2.45, 2.75) is 53.5 Å². The van der Waals surface area contributed by atoms with Crippen molar-refractivity contribution in [2.75, 3.05) is 10.6 Å². The van der Waals surface area contributed by atoms with Crippen LogP contribution in [0.5, 0.6) is 0 Å². The van der Waals surface area contributed by atoms with E-state index in [0.29, 0.717) is 22.6 Å². The van der Waals surface area contributed by atoms with Crippen LogP contribution in [0.4, 0.5) is 11.4 Å². The third-order valence-electron chi connectivity index (χ3n) is 4.82. The second kappa shape index (κ2) is 8.65. The molecule has 30 heavy (non-hydrogen) atoms. The van der Waals surface area contributed by atoms with E-state index in [0.717, 1.165) is 11.1 Å². The summed E-state index contributed by atoms with van der Waals surface area (Å²) in [6, 6.07) is 9.10. The normalized spacial score (nSPS) is 11.5. The van der Waals surface area contributed by atoms with Crippen molar-refractivity contribution >= 4 is 34.2 Å². The topological polar surface area (TPSA) is 88.9 Å². The number of nitrogens with one attached hydrogen (secondary N) is 2. The third kappa shape index (κ3) is 4.50. The van der Waals surface area contributed by atoms with E-state index in [1.54, 1.807) is 30.5 Å². The average Bonchev–Trinajstić information content (AvgIpc) is 3.11. The zero-order chi connectivity index (χ0) is 22.0. The molecule has 0 saturated heterocycles. The summed E-state index contributed by atoms with van der Waals surface area (Å²) in [5.41, 5.74) is 3.33. The lowest BCUT2D eigenvalue weighted by atomic mass is 10.0. The van der Waals surface area contributed by atoms with Crippen LogP contribution < -0.4 is 10.6 Å². The van der Waals surface area contributed by atoms with Crippen LogP contribution >= 0.6 is 0 Å². The molecule has 158 valence electrons. The molecule has 2 N–H and O–H groups in total. The first-order valence-electron chi connectivity index (χ1n) is 10.3. The quantitative estimate of drug-likeness (QED) is 0.603. The number of amides is 2. The van der Waals surface area contributed by atoms with Gasteiger partial charge in [-0.1, -0.05) is 33.8 Å². The summed E-state index contributed by atoms with van der Waals surface area (Å²) in [6.45, 7) is 11.8. The van der Waals surface area contributed by atoms with E-state index in [2.05, 4.69) is 15.7 Å². The molecule has 0 bridgehead atoms. The van der Waals surface area contributed by atoms with Crippen molar-refractivity contribution in [2.24, 2.45) is 5.92 Å². The number of anilines is 2. The number of rotatable bonds is 6. The van der Waals surface area contributed by atoms with Gasteiger partial charge in [-0.15, -0.1) is 0 Å². The van der Waals surface area contributed by atoms with Crippen molar-refractivity contribution in [1.82, 2.24) is 14.8 Å². The summed E-state index contributed by atoms with van der Waals surface area (Å²) in [7, 11) is 0. The van der Waals surface area contributed by atoms with Gasteiger partial charge in [0.1, 0.15) is 0 Å². The summed E-state index contributed by atoms with van der Waals surface area (Å²) in [6.07, 6.45) is 1.70. The van der Waals surface area contributed by atoms with E-state index in [9.17, 15) is 9.59 Å². The molecule has 0 radical (unpaired) electrons. The highest BCUT2D eigenvalue weighted by Gasteiger charge is 2.19. The second-order valence-electron chi connectivity index (χ2n) is 8.35. The second-order valence-corrected chi connectivity index (χ2v) is 8.35. The van der Waals surface area contributed by atoms with Crippen LogP contribution in [0.15, 0.2) is 36.5 Å². The molecule has 2 heterocycles. The van der Waals surface area contributed by atoms with Crippen LogP contribution in [-0.2, 0) is 4.79 Å². The first-order valence-corrected chi connectivity index (χ1v) is 10.3. The standard InChI is InChI=1S/C23H29N5O2/c1-13(2)20-11-18(19-12-24-28(15(5)6)21(19)27-20)23(30)26-17-9-7-8-16(10-17)25-22(29)14(3)4/h7-15H,1-6H3,(H,25,29)(H,26,30). The van der Waals surface area contributed by atoms with Gasteiger partial charge in [-0.3, -0.25) is 9.59 Å². The van der Waals surface area contributed by atoms with Crippen LogP contribution in [0.2, 0.25) is 0 Å². The molecule has 0 unspecified atom stereocenters. The van der Waals surface area contributed by atoms with E-state index in [4.69, 9.17) is 4.98 Å². The first kappa shape index (κ1) is 21.5. The fraction of sp³-hybridized carbons (Fsp3) is 0.391. The predicted octanol–water partition coefficient (Wildman–Crippen LogP) is 4.98. The van der Waals surface area contributed by atoms with Gasteiger partial charge in [-0.05, 0) is 44.0 Å². The third-order valence-corrected chi connectivity index (χ3v) is 4.82. The number of fused-ring (bicyclic) bond motifs is 1. The van der Waals surface area contributed by atoms with Gasteiger partial charge in [0.15, 0.2) is 5.65 Å². The Morgan fingerprint density at radius 2 is 1.63 bits per heavy atom. The largest absolute Gasteiger partial charge is 0.326 e. The number of carbonyl (C=O) groups excluding carboxylic acids is 2. The lowest BCUT2D eigenvalue weighted by molar-refractivity contribution is -0.118. The molecule has 2 amide bonds. The maximum absolute atomic E-state index is 13.2. The highest BCUT2D eigenvalue weighted by molar-refractivity contribution is 6.12. The Morgan fingerprint density at radius 3 is 2.23 bits per heavy atom. The molecule has 0 spiro atoms. The van der Waals surface area contributed by atoms with Crippen molar-refractivity contribution in [3.05, 3.63) is 47.8 Å². The van der Waals surface area contributed by atoms with Gasteiger partial charge in [0.2, 0.25) is 5.91 Å². The van der Waals surface area contributed by atoms with Gasteiger partial charge >= 0.3 is 0 Å². The number of hydrogen-bond donors (Lipinski definition) is 2. The van der Waals surface area contributed by atoms with Gasteiger partial charge in [-0.25, -0.2) is 9.67 Å². The number of pyridine rings is 1. The molecule has 7 nitrogen and oxygen atoms in total. The fourth-order valence-electron chi connectivity index (χ4n) is 3.06. The van der Waals surface area contributed by atoms with Gasteiger partial charge in [0, 0.05) is 29.0 Å². The van der Waals surface area contributed by atoms with Crippen molar-refractivity contribution in [1.29, 1.82) is 0 Å². The molecule has 0 aliphatic carbocycles. The number of carbonyl (C=O) groups is 2. The Bertz CT molecular complexity index is 1080. The molecule has 3 aromatic rings. The van der Waals surface area contributed by atoms with Crippen LogP contribution in [0.3, 0.4) is 0 Å². The number of hydrogen-bond acceptors (Lipinski definition) is 4. The summed E-state index contributed by atoms with van der Waals surface area (Å²) in [4.78, 5) is 29.9. The Morgan fingerprint density at radius 1 is 0.967 bits per heavy atom. The molecular weight excluding hydrogens is 378 g/mol. The highest BCUT2D eigenvalue weighted by Crippen LogP contribution is 2.25. The van der Waals surface area contributed by atoms with Gasteiger partial charge < -0.3 is 10.6 Å². The molecule has 0 atom stereocenters. The minimum Gasteiger partial charge on any atom is -0.326 e. The molecular formula is C23H29N5O2. The molecule has 7 heteroatoms. The van der Waals surface area contributed by atoms with Crippen LogP contribution in [-0.4, -0.2) is 26.6 Å². The van der Waals surface area contributed by atoms with Gasteiger partial charge in [0.05, 0.1) is 17.1 Å². The molecule has 2 aromatic heterocycles. The van der Waals surface area contributed by atoms with E-state index in [1.807, 2.05) is 52.3 Å². The number of nitrogens with zero attached hydrogens (tertiary/aromatic N) is 3. The Kier molecular flexibility index (Phi) is 6.20. The first-order chi connectivity index (χ1) is 14.2. The Hall–Kier alpha value is -3.22. The smallest absolute Gasteiger partial charge is 0.256 e. The van der Waals surface area contributed by atoms with Gasteiger partial charge in [0.25, 0.3) is 5.91 Å². The Labute approximate surface area is 176 Å². The summed E-state index contributed by atoms with van der Waals surface area (Å²) in [5.74, 6) is -0.261. The monoisotopic (exact) mass is 407 g/mol. The van der Waals surface area contributed by atoms with E-state index in [-0.39, 0.29) is 29.7 Å². The van der Waals surface area contributed by atoms with E-state index < -0.39 is 0 Å². The lowest BCUT2D eigenvalue weighted by Crippen LogP contribution is -2.18. The number of benzene rings is 1. The lowest BCUT2D eigenvalue weighted by Gasteiger charge is -2.13. The van der Waals surface area contributed by atoms with Gasteiger partial charge in [-0.2, -0.15) is 5.10 Å². The molecule has 1 aromatic carbocycles. The number of aromatic nitrogens is 3. The van der Waals surface area contributed by atoms with Crippen LogP contribution in [0.25, 0.3) is 11.0 Å². The minimum atomic E-state index is -0.236. The molecule has 0 saturated carbocycles. The Balaban J connectivity index is 1.95. The van der Waals surface area contributed by atoms with Crippen molar-refractivity contribution in [3.8, 4) is 0 Å². The maximum Gasteiger partial charge on any atom is 0.256 e. The summed E-state index contributed by atoms with van der Waals surface area (Å²) in [5, 5.41) is 10.9. The average molecular weight is 408 g/mol. The molecule has 3 rings (SSSR count). The molecule has 0 fully saturated rings. The summed E-state index contributed by atoms with van der Waals surface area (Å²) < 4.78 is 1.83. The van der Waals surface area contributed by atoms with Crippen LogP contribution in [0, 0.1) is 5.92 Å². The van der Waals surface area contributed by atoms with Crippen molar-refractivity contribution in [3.63, 3.8) is 0 Å². The highest BCUT2D eigenvalue weighted by atomic mass is 16.2. The fourth-order valence-corrected chi connectivity index (χ4v) is 3.06. The molecule has 0 aliphatic heterocycles. The summed E-state index contributed by atoms with van der Waals surface area (Å²) >= 11 is 0. The zero-order valence-corrected chi connectivity index (χ0v) is 18.4. The van der Waals surface area contributed by atoms with Crippen molar-refractivity contribution < 1.29 is 9.59 Å². The minimum absolute atomic E-state index is 0.0722. The maximum atomic E-state index is 13.2. The van der Waals surface area contributed by atoms with E-state index >= 15 is 0 Å². The zero-order valence-electron chi connectivity index (χ0n) is 18.4. The predicted molar refractivity (Wildman–Crippen MR) is 120 cm³/mol. The van der Waals surface area contributed by atoms with E-state index in [1.165, 1.54) is 0 Å². The SMILES string of the molecule is CC(C)C(=O)Nc1cccc(NC(=O)c2cc(C(C)C)nc3c2cnn3C(C)C)c1. The van der Waals surface area contributed by atoms with Crippen LogP contribution in [0.1, 0.15) is 69.6 Å².